The van der Waals surface area contributed by atoms with Crippen LogP contribution >= 0.6 is 0 Å². The van der Waals surface area contributed by atoms with Crippen molar-refractivity contribution in [1.82, 2.24) is 5.16 Å². The van der Waals surface area contributed by atoms with E-state index in [4.69, 9.17) is 4.52 Å². The van der Waals surface area contributed by atoms with Gasteiger partial charge < -0.3 is 15.2 Å². The first-order chi connectivity index (χ1) is 8.72. The van der Waals surface area contributed by atoms with Crippen LogP contribution in [0.25, 0.3) is 0 Å². The molecule has 0 atom stereocenters. The lowest BCUT2D eigenvalue weighted by atomic mass is 10.1. The Balaban J connectivity index is 1.80. The summed E-state index contributed by atoms with van der Waals surface area (Å²) in [6.45, 7) is 0. The predicted molar refractivity (Wildman–Crippen MR) is 63.2 cm³/mol. The number of aromatic nitrogens is 1. The molecule has 2 N–H and O–H groups in total. The second-order valence-electron chi connectivity index (χ2n) is 3.93. The number of anilines is 2. The molecule has 1 aliphatic heterocycles. The van der Waals surface area contributed by atoms with Gasteiger partial charge in [-0.05, 0) is 23.8 Å². The standard InChI is InChI=1S/C12H9N3O3/c16-11-6-7-5-8(1-2-9(7)15-11)14-12(17)10-3-4-13-18-10/h1-5H,6H2,(H,14,17)(H,15,16). The highest BCUT2D eigenvalue weighted by Crippen LogP contribution is 2.26. The lowest BCUT2D eigenvalue weighted by Crippen LogP contribution is -2.10. The van der Waals surface area contributed by atoms with E-state index in [2.05, 4.69) is 15.8 Å². The third-order valence-electron chi connectivity index (χ3n) is 2.65. The van der Waals surface area contributed by atoms with Gasteiger partial charge >= 0.3 is 0 Å². The van der Waals surface area contributed by atoms with Gasteiger partial charge in [-0.2, -0.15) is 0 Å². The summed E-state index contributed by atoms with van der Waals surface area (Å²) in [4.78, 5) is 22.9. The summed E-state index contributed by atoms with van der Waals surface area (Å²) in [6, 6.07) is 6.73. The van der Waals surface area contributed by atoms with Gasteiger partial charge in [0.05, 0.1) is 12.6 Å². The minimum absolute atomic E-state index is 0.0382. The maximum atomic E-state index is 11.7. The van der Waals surface area contributed by atoms with Crippen molar-refractivity contribution in [2.45, 2.75) is 6.42 Å². The van der Waals surface area contributed by atoms with Gasteiger partial charge in [-0.1, -0.05) is 5.16 Å². The molecule has 1 aliphatic rings. The second kappa shape index (κ2) is 3.99. The Bertz CT molecular complexity index is 620. The van der Waals surface area contributed by atoms with Crippen LogP contribution in [0.1, 0.15) is 16.1 Å². The Kier molecular flexibility index (Phi) is 2.33. The molecule has 18 heavy (non-hydrogen) atoms. The van der Waals surface area contributed by atoms with E-state index in [0.29, 0.717) is 12.1 Å². The highest BCUT2D eigenvalue weighted by molar-refractivity contribution is 6.03. The van der Waals surface area contributed by atoms with E-state index in [9.17, 15) is 9.59 Å². The zero-order valence-corrected chi connectivity index (χ0v) is 9.27. The van der Waals surface area contributed by atoms with Crippen LogP contribution in [0.5, 0.6) is 0 Å². The highest BCUT2D eigenvalue weighted by atomic mass is 16.5. The molecule has 2 amide bonds. The Hall–Kier alpha value is -2.63. The van der Waals surface area contributed by atoms with Crippen LogP contribution in [0, 0.1) is 0 Å². The molecule has 0 radical (unpaired) electrons. The van der Waals surface area contributed by atoms with Crippen molar-refractivity contribution in [3.63, 3.8) is 0 Å². The number of amides is 2. The van der Waals surface area contributed by atoms with E-state index in [1.165, 1.54) is 12.3 Å². The summed E-state index contributed by atoms with van der Waals surface area (Å²) in [7, 11) is 0. The summed E-state index contributed by atoms with van der Waals surface area (Å²) >= 11 is 0. The van der Waals surface area contributed by atoms with Gasteiger partial charge in [0.15, 0.2) is 0 Å². The molecular weight excluding hydrogens is 234 g/mol. The number of nitrogens with zero attached hydrogens (tertiary/aromatic N) is 1. The van der Waals surface area contributed by atoms with Gasteiger partial charge in [0.1, 0.15) is 0 Å². The van der Waals surface area contributed by atoms with Crippen LogP contribution < -0.4 is 10.6 Å². The molecule has 0 fully saturated rings. The third-order valence-corrected chi connectivity index (χ3v) is 2.65. The van der Waals surface area contributed by atoms with Crippen LogP contribution in [0.3, 0.4) is 0 Å². The lowest BCUT2D eigenvalue weighted by molar-refractivity contribution is -0.115. The number of hydrogen-bond acceptors (Lipinski definition) is 4. The number of benzene rings is 1. The van der Waals surface area contributed by atoms with Gasteiger partial charge in [-0.3, -0.25) is 9.59 Å². The normalized spacial score (nSPS) is 13.0. The van der Waals surface area contributed by atoms with Crippen LogP contribution in [-0.4, -0.2) is 17.0 Å². The van der Waals surface area contributed by atoms with Crippen molar-refractivity contribution in [3.05, 3.63) is 41.8 Å². The minimum atomic E-state index is -0.371. The first kappa shape index (κ1) is 10.5. The molecule has 6 heteroatoms. The van der Waals surface area contributed by atoms with E-state index in [-0.39, 0.29) is 17.6 Å². The van der Waals surface area contributed by atoms with Crippen molar-refractivity contribution < 1.29 is 14.1 Å². The molecule has 2 heterocycles. The Morgan fingerprint density at radius 3 is 3.06 bits per heavy atom. The second-order valence-corrected chi connectivity index (χ2v) is 3.93. The molecule has 0 saturated heterocycles. The van der Waals surface area contributed by atoms with Gasteiger partial charge in [-0.15, -0.1) is 0 Å². The van der Waals surface area contributed by atoms with Gasteiger partial charge in [0.25, 0.3) is 5.91 Å². The molecule has 6 nitrogen and oxygen atoms in total. The van der Waals surface area contributed by atoms with Crippen LogP contribution in [0.4, 0.5) is 11.4 Å². The molecular formula is C12H9N3O3. The third kappa shape index (κ3) is 1.84. The van der Waals surface area contributed by atoms with Gasteiger partial charge in [0, 0.05) is 17.4 Å². The molecule has 90 valence electrons. The van der Waals surface area contributed by atoms with Crippen molar-refractivity contribution in [2.75, 3.05) is 10.6 Å². The van der Waals surface area contributed by atoms with E-state index < -0.39 is 0 Å². The average Bonchev–Trinajstić information content (AvgIpc) is 2.95. The lowest BCUT2D eigenvalue weighted by Gasteiger charge is -2.04. The molecule has 1 aromatic heterocycles. The van der Waals surface area contributed by atoms with E-state index in [1.54, 1.807) is 18.2 Å². The molecule has 0 bridgehead atoms. The molecule has 0 saturated carbocycles. The van der Waals surface area contributed by atoms with Crippen LogP contribution in [-0.2, 0) is 11.2 Å². The topological polar surface area (TPSA) is 84.2 Å². The molecule has 3 rings (SSSR count). The highest BCUT2D eigenvalue weighted by Gasteiger charge is 2.18. The van der Waals surface area contributed by atoms with E-state index in [1.807, 2.05) is 0 Å². The maximum absolute atomic E-state index is 11.7. The monoisotopic (exact) mass is 243 g/mol. The minimum Gasteiger partial charge on any atom is -0.351 e. The summed E-state index contributed by atoms with van der Waals surface area (Å²) in [5, 5.41) is 8.86. The van der Waals surface area contributed by atoms with Crippen molar-refractivity contribution in [2.24, 2.45) is 0 Å². The van der Waals surface area contributed by atoms with E-state index >= 15 is 0 Å². The molecule has 0 spiro atoms. The van der Waals surface area contributed by atoms with Crippen molar-refractivity contribution >= 4 is 23.2 Å². The number of fused-ring (bicyclic) bond motifs is 1. The van der Waals surface area contributed by atoms with Gasteiger partial charge in [-0.25, -0.2) is 0 Å². The van der Waals surface area contributed by atoms with E-state index in [0.717, 1.165) is 11.3 Å². The average molecular weight is 243 g/mol. The van der Waals surface area contributed by atoms with Crippen LogP contribution in [0.2, 0.25) is 0 Å². The largest absolute Gasteiger partial charge is 0.351 e. The number of carbonyl (C=O) groups is 2. The Morgan fingerprint density at radius 1 is 1.39 bits per heavy atom. The Morgan fingerprint density at radius 2 is 2.28 bits per heavy atom. The fourth-order valence-electron chi connectivity index (χ4n) is 1.83. The quantitative estimate of drug-likeness (QED) is 0.835. The number of carbonyl (C=O) groups excluding carboxylic acids is 2. The zero-order chi connectivity index (χ0) is 12.5. The van der Waals surface area contributed by atoms with Crippen molar-refractivity contribution in [3.8, 4) is 0 Å². The molecule has 0 aliphatic carbocycles. The molecule has 2 aromatic rings. The maximum Gasteiger partial charge on any atom is 0.294 e. The number of rotatable bonds is 2. The zero-order valence-electron chi connectivity index (χ0n) is 9.27. The van der Waals surface area contributed by atoms with Crippen molar-refractivity contribution in [1.29, 1.82) is 0 Å². The first-order valence-electron chi connectivity index (χ1n) is 5.37. The summed E-state index contributed by atoms with van der Waals surface area (Å²) in [5.41, 5.74) is 2.28. The molecule has 1 aromatic carbocycles. The van der Waals surface area contributed by atoms with Gasteiger partial charge in [0.2, 0.25) is 11.7 Å². The Labute approximate surface area is 102 Å². The number of nitrogens with one attached hydrogen (secondary N) is 2. The smallest absolute Gasteiger partial charge is 0.294 e. The predicted octanol–water partition coefficient (Wildman–Crippen LogP) is 1.42. The first-order valence-corrected chi connectivity index (χ1v) is 5.37. The fraction of sp³-hybridized carbons (Fsp3) is 0.0833. The van der Waals surface area contributed by atoms with Crippen LogP contribution in [0.15, 0.2) is 35.0 Å². The SMILES string of the molecule is O=C1Cc2cc(NC(=O)c3ccno3)ccc2N1. The fourth-order valence-corrected chi connectivity index (χ4v) is 1.83. The summed E-state index contributed by atoms with van der Waals surface area (Å²) < 4.78 is 4.75. The molecule has 0 unspecified atom stereocenters. The number of hydrogen-bond donors (Lipinski definition) is 2. The summed E-state index contributed by atoms with van der Waals surface area (Å²) in [5.74, 6) is -0.266. The summed E-state index contributed by atoms with van der Waals surface area (Å²) in [6.07, 6.45) is 1.74.